The van der Waals surface area contributed by atoms with Crippen LogP contribution < -0.4 is 0 Å². The van der Waals surface area contributed by atoms with Crippen LogP contribution in [0.3, 0.4) is 0 Å². The van der Waals surface area contributed by atoms with Crippen molar-refractivity contribution >= 4 is 43.7 Å². The third-order valence-electron chi connectivity index (χ3n) is 9.25. The van der Waals surface area contributed by atoms with E-state index >= 15 is 0 Å². The molecule has 4 saturated carbocycles. The number of halogens is 2. The van der Waals surface area contributed by atoms with Crippen molar-refractivity contribution in [2.75, 3.05) is 0 Å². The number of hydrogen-bond acceptors (Lipinski definition) is 7. The first-order valence-electron chi connectivity index (χ1n) is 15.7. The van der Waals surface area contributed by atoms with Crippen LogP contribution in [0.25, 0.3) is 0 Å². The molecule has 4 aliphatic carbocycles. The van der Waals surface area contributed by atoms with E-state index in [1.807, 2.05) is 0 Å². The van der Waals surface area contributed by atoms with Gasteiger partial charge in [-0.15, -0.1) is 0 Å². The summed E-state index contributed by atoms with van der Waals surface area (Å²) in [6.45, 7) is 0.540. The third kappa shape index (κ3) is 9.06. The molecular weight excluding hydrogens is 594 g/mol. The van der Waals surface area contributed by atoms with E-state index in [4.69, 9.17) is 54.1 Å². The molecule has 0 amide bonds. The second-order valence-electron chi connectivity index (χ2n) is 13.0. The molecule has 5 aliphatic rings. The molecule has 5 rings (SSSR count). The average Bonchev–Trinajstić information content (AvgIpc) is 2.88. The van der Waals surface area contributed by atoms with Crippen molar-refractivity contribution in [1.82, 2.24) is 0 Å². The van der Waals surface area contributed by atoms with Crippen molar-refractivity contribution in [3.63, 3.8) is 0 Å². The van der Waals surface area contributed by atoms with Crippen LogP contribution in [0, 0.1) is 17.8 Å². The maximum absolute atomic E-state index is 7.34. The molecule has 1 aliphatic heterocycles. The van der Waals surface area contributed by atoms with E-state index in [0.717, 1.165) is 103 Å². The van der Waals surface area contributed by atoms with E-state index in [-0.39, 0.29) is 24.4 Å². The van der Waals surface area contributed by atoms with Crippen LogP contribution in [-0.4, -0.2) is 24.4 Å². The summed E-state index contributed by atoms with van der Waals surface area (Å²) in [5.41, 5.74) is 0. The fraction of sp³-hybridized carbons (Fsp3) is 1.00. The zero-order chi connectivity index (χ0) is 27.5. The summed E-state index contributed by atoms with van der Waals surface area (Å²) in [7, 11) is -3.22. The summed E-state index contributed by atoms with van der Waals surface area (Å²) in [4.78, 5) is 0. The Balaban J connectivity index is 1.51. The Morgan fingerprint density at radius 3 is 1.23 bits per heavy atom. The highest BCUT2D eigenvalue weighted by Crippen LogP contribution is 2.84. The predicted octanol–water partition coefficient (Wildman–Crippen LogP) is 12.5. The van der Waals surface area contributed by atoms with E-state index in [9.17, 15) is 0 Å². The summed E-state index contributed by atoms with van der Waals surface area (Å²) < 4.78 is 42.2. The van der Waals surface area contributed by atoms with Gasteiger partial charge in [0.25, 0.3) is 0 Å². The molecule has 0 aromatic rings. The van der Waals surface area contributed by atoms with Crippen molar-refractivity contribution in [2.45, 2.75) is 154 Å². The van der Waals surface area contributed by atoms with Gasteiger partial charge in [-0.3, -0.25) is 0 Å². The van der Waals surface area contributed by atoms with Crippen LogP contribution in [0.4, 0.5) is 0 Å². The van der Waals surface area contributed by atoms with Crippen LogP contribution in [0.2, 0.25) is 0 Å². The highest BCUT2D eigenvalue weighted by atomic mass is 35.7. The molecule has 7 nitrogen and oxygen atoms in total. The van der Waals surface area contributed by atoms with Crippen LogP contribution >= 0.6 is 43.7 Å². The SMILES string of the molecule is CC1CCC(OP2(Cl)=NP(OC3CCC(C)CC3)(OC3CCC(C)CC3)=NP(Cl)(OC3CCCCC3)=N2)CC1. The van der Waals surface area contributed by atoms with Gasteiger partial charge >= 0.3 is 21.2 Å². The van der Waals surface area contributed by atoms with E-state index in [1.165, 1.54) is 6.42 Å². The first kappa shape index (κ1) is 31.5. The van der Waals surface area contributed by atoms with E-state index in [0.29, 0.717) is 17.8 Å². The van der Waals surface area contributed by atoms with Crippen molar-refractivity contribution in [3.05, 3.63) is 0 Å². The molecule has 2 unspecified atom stereocenters. The minimum Gasteiger partial charge on any atom is -0.312 e. The molecule has 0 bridgehead atoms. The molecule has 12 heteroatoms. The summed E-state index contributed by atoms with van der Waals surface area (Å²) in [6, 6.07) is 0. The highest BCUT2D eigenvalue weighted by molar-refractivity contribution is 8.00. The Kier molecular flexibility index (Phi) is 11.2. The summed E-state index contributed by atoms with van der Waals surface area (Å²) in [6.07, 6.45) is 18.2. The lowest BCUT2D eigenvalue weighted by Gasteiger charge is -2.38. The normalized spacial score (nSPS) is 46.1. The Morgan fingerprint density at radius 2 is 0.795 bits per heavy atom. The highest BCUT2D eigenvalue weighted by Gasteiger charge is 2.44. The van der Waals surface area contributed by atoms with Gasteiger partial charge in [-0.2, -0.15) is 13.5 Å². The van der Waals surface area contributed by atoms with E-state index < -0.39 is 21.2 Å². The first-order valence-corrected chi connectivity index (χ1v) is 22.2. The van der Waals surface area contributed by atoms with Gasteiger partial charge in [0.2, 0.25) is 0 Å². The minimum atomic E-state index is -3.22. The summed E-state index contributed by atoms with van der Waals surface area (Å²) in [5, 5.41) is 0. The van der Waals surface area contributed by atoms with Crippen LogP contribution in [0.1, 0.15) is 130 Å². The lowest BCUT2D eigenvalue weighted by atomic mass is 9.89. The Labute approximate surface area is 246 Å². The molecular formula is C27H50Cl2N3O4P3. The minimum absolute atomic E-state index is 0.0189. The van der Waals surface area contributed by atoms with Gasteiger partial charge in [0, 0.05) is 0 Å². The molecule has 0 radical (unpaired) electrons. The quantitative estimate of drug-likeness (QED) is 0.247. The molecule has 226 valence electrons. The van der Waals surface area contributed by atoms with Crippen molar-refractivity contribution in [1.29, 1.82) is 0 Å². The first-order chi connectivity index (χ1) is 18.6. The van der Waals surface area contributed by atoms with Gasteiger partial charge in [-0.1, -0.05) is 40.0 Å². The van der Waals surface area contributed by atoms with Gasteiger partial charge in [-0.05, 0) is 130 Å². The largest absolute Gasteiger partial charge is 0.347 e. The van der Waals surface area contributed by atoms with Crippen LogP contribution in [0.5, 0.6) is 0 Å². The molecule has 0 saturated heterocycles. The molecule has 4 fully saturated rings. The van der Waals surface area contributed by atoms with Gasteiger partial charge in [0.1, 0.15) is 0 Å². The lowest BCUT2D eigenvalue weighted by molar-refractivity contribution is 0.0826. The maximum atomic E-state index is 7.34. The topological polar surface area (TPSA) is 74.0 Å². The van der Waals surface area contributed by atoms with Crippen LogP contribution in [0.15, 0.2) is 13.5 Å². The molecule has 39 heavy (non-hydrogen) atoms. The average molecular weight is 645 g/mol. The second kappa shape index (κ2) is 13.8. The second-order valence-corrected chi connectivity index (χ2v) is 21.5. The van der Waals surface area contributed by atoms with E-state index in [2.05, 4.69) is 20.8 Å². The van der Waals surface area contributed by atoms with E-state index in [1.54, 1.807) is 0 Å². The number of nitrogens with zero attached hydrogens (tertiary/aromatic N) is 3. The summed E-state index contributed by atoms with van der Waals surface area (Å²) >= 11 is 14.7. The molecule has 0 aromatic heterocycles. The Morgan fingerprint density at radius 1 is 0.436 bits per heavy atom. The Hall–Kier alpha value is 1.11. The monoisotopic (exact) mass is 643 g/mol. The van der Waals surface area contributed by atoms with Gasteiger partial charge in [-0.25, -0.2) is 0 Å². The zero-order valence-electron chi connectivity index (χ0n) is 24.1. The molecule has 1 heterocycles. The molecule has 0 N–H and O–H groups in total. The smallest absolute Gasteiger partial charge is 0.312 e. The molecule has 0 spiro atoms. The number of rotatable bonds is 8. The van der Waals surface area contributed by atoms with Gasteiger partial charge in [0.15, 0.2) is 0 Å². The molecule has 0 aromatic carbocycles. The third-order valence-corrected chi connectivity index (χ3v) is 19.8. The van der Waals surface area contributed by atoms with Gasteiger partial charge in [0.05, 0.1) is 24.4 Å². The number of hydrogen-bond donors (Lipinski definition) is 0. The zero-order valence-corrected chi connectivity index (χ0v) is 28.3. The fourth-order valence-electron chi connectivity index (χ4n) is 6.61. The predicted molar refractivity (Wildman–Crippen MR) is 165 cm³/mol. The summed E-state index contributed by atoms with van der Waals surface area (Å²) in [5.74, 6) is 2.13. The van der Waals surface area contributed by atoms with Gasteiger partial charge < -0.3 is 18.1 Å². The standard InChI is InChI=1S/C27H50Cl2N3O4P3/c1-21-9-15-25(16-10-21)34-38(29)30-37(28,33-24-7-5-4-6-8-24)31-39(32-38,35-26-17-11-22(2)12-18-26)36-27-19-13-23(3)14-20-27/h21-27H,4-20H2,1-3H3. The van der Waals surface area contributed by atoms with Crippen LogP contribution in [-0.2, 0) is 18.1 Å². The van der Waals surface area contributed by atoms with Crippen molar-refractivity contribution < 1.29 is 18.1 Å². The maximum Gasteiger partial charge on any atom is 0.347 e. The molecule has 2 atom stereocenters. The van der Waals surface area contributed by atoms with Crippen molar-refractivity contribution in [3.8, 4) is 0 Å². The van der Waals surface area contributed by atoms with Crippen molar-refractivity contribution in [2.24, 2.45) is 31.3 Å². The fourth-order valence-corrected chi connectivity index (χ4v) is 19.3. The lowest BCUT2D eigenvalue weighted by Crippen LogP contribution is -2.23. The Bertz CT molecular complexity index is 957.